The van der Waals surface area contributed by atoms with Crippen LogP contribution >= 0.6 is 0 Å². The van der Waals surface area contributed by atoms with Gasteiger partial charge in [-0.3, -0.25) is 4.79 Å². The number of aromatic hydroxyl groups is 9. The van der Waals surface area contributed by atoms with Crippen molar-refractivity contribution in [2.24, 2.45) is 11.8 Å². The molecule has 2 aliphatic heterocycles. The van der Waals surface area contributed by atoms with E-state index >= 15 is 0 Å². The lowest BCUT2D eigenvalue weighted by molar-refractivity contribution is -0.150. The molecular formula is C43H34O19. The summed E-state index contributed by atoms with van der Waals surface area (Å²) in [5, 5.41) is 125. The van der Waals surface area contributed by atoms with Gasteiger partial charge in [0.15, 0.2) is 52.1 Å². The van der Waals surface area contributed by atoms with E-state index < -0.39 is 134 Å². The molecule has 0 radical (unpaired) electrons. The summed E-state index contributed by atoms with van der Waals surface area (Å²) in [4.78, 5) is 41.3. The lowest BCUT2D eigenvalue weighted by Gasteiger charge is -2.40. The first-order chi connectivity index (χ1) is 29.4. The highest BCUT2D eigenvalue weighted by Gasteiger charge is 2.49. The molecule has 19 heteroatoms. The molecule has 12 N–H and O–H groups in total. The van der Waals surface area contributed by atoms with Gasteiger partial charge in [-0.1, -0.05) is 12.1 Å². The second-order valence-electron chi connectivity index (χ2n) is 14.8. The molecule has 2 unspecified atom stereocenters. The smallest absolute Gasteiger partial charge is 0.338 e. The average Bonchev–Trinajstić information content (AvgIpc) is 3.34. The molecule has 0 saturated carbocycles. The lowest BCUT2D eigenvalue weighted by atomic mass is 9.72. The Morgan fingerprint density at radius 2 is 1.19 bits per heavy atom. The molecule has 0 saturated heterocycles. The summed E-state index contributed by atoms with van der Waals surface area (Å²) in [6.07, 6.45) is -3.39. The van der Waals surface area contributed by atoms with Crippen LogP contribution in [0.4, 0.5) is 0 Å². The van der Waals surface area contributed by atoms with Crippen LogP contribution in [0.15, 0.2) is 101 Å². The number of phenols is 9. The minimum absolute atomic E-state index is 0.00235. The summed E-state index contributed by atoms with van der Waals surface area (Å²) in [6.45, 7) is 0. The van der Waals surface area contributed by atoms with E-state index in [1.807, 2.05) is 0 Å². The number of ketones is 1. The first-order valence-electron chi connectivity index (χ1n) is 18.5. The summed E-state index contributed by atoms with van der Waals surface area (Å²) >= 11 is 0. The van der Waals surface area contributed by atoms with Gasteiger partial charge >= 0.3 is 11.9 Å². The predicted molar refractivity (Wildman–Crippen MR) is 206 cm³/mol. The Labute approximate surface area is 347 Å². The van der Waals surface area contributed by atoms with Crippen molar-refractivity contribution in [2.45, 2.75) is 37.3 Å². The maximum absolute atomic E-state index is 14.2. The summed E-state index contributed by atoms with van der Waals surface area (Å²) in [5.41, 5.74) is -1.29. The fraction of sp³-hybridized carbons (Fsp3) is 0.186. The zero-order chi connectivity index (χ0) is 44.5. The normalized spacial score (nSPS) is 22.8. The molecular weight excluding hydrogens is 820 g/mol. The van der Waals surface area contributed by atoms with Crippen LogP contribution in [0.3, 0.4) is 0 Å². The van der Waals surface area contributed by atoms with Crippen molar-refractivity contribution in [1.82, 2.24) is 0 Å². The van der Waals surface area contributed by atoms with E-state index in [1.165, 1.54) is 12.1 Å². The van der Waals surface area contributed by atoms with Crippen molar-refractivity contribution < 1.29 is 94.6 Å². The number of ether oxygens (including phenoxy) is 4. The van der Waals surface area contributed by atoms with Crippen LogP contribution in [-0.4, -0.2) is 97.3 Å². The van der Waals surface area contributed by atoms with Crippen LogP contribution in [0.25, 0.3) is 0 Å². The monoisotopic (exact) mass is 854 g/mol. The molecule has 0 aromatic heterocycles. The summed E-state index contributed by atoms with van der Waals surface area (Å²) in [6, 6.07) is 9.55. The Bertz CT molecular complexity index is 2700. The van der Waals surface area contributed by atoms with Crippen LogP contribution in [0.1, 0.15) is 33.2 Å². The largest absolute Gasteiger partial charge is 0.508 e. The van der Waals surface area contributed by atoms with Gasteiger partial charge in [-0.25, -0.2) is 9.59 Å². The van der Waals surface area contributed by atoms with Crippen molar-refractivity contribution in [3.05, 3.63) is 124 Å². The van der Waals surface area contributed by atoms with Gasteiger partial charge < -0.3 is 80.2 Å². The maximum atomic E-state index is 14.2. The van der Waals surface area contributed by atoms with Crippen molar-refractivity contribution in [1.29, 1.82) is 0 Å². The first kappa shape index (κ1) is 40.4. The molecule has 320 valence electrons. The number of carbonyl (C=O) groups excluding carboxylic acids is 3. The van der Waals surface area contributed by atoms with Crippen LogP contribution < -0.4 is 9.47 Å². The number of hydrogen-bond donors (Lipinski definition) is 12. The van der Waals surface area contributed by atoms with Crippen LogP contribution in [0, 0.1) is 11.8 Å². The van der Waals surface area contributed by atoms with Gasteiger partial charge in [-0.2, -0.15) is 0 Å². The molecule has 2 heterocycles. The zero-order valence-corrected chi connectivity index (χ0v) is 31.5. The number of allylic oxidation sites excluding steroid dienone is 2. The Balaban J connectivity index is 1.19. The Morgan fingerprint density at radius 3 is 1.82 bits per heavy atom. The molecule has 2 aliphatic carbocycles. The highest BCUT2D eigenvalue weighted by Crippen LogP contribution is 2.48. The average molecular weight is 855 g/mol. The van der Waals surface area contributed by atoms with Crippen LogP contribution in [0.5, 0.6) is 63.2 Å². The number of benzene rings is 4. The van der Waals surface area contributed by atoms with Gasteiger partial charge in [-0.15, -0.1) is 0 Å². The number of esters is 2. The van der Waals surface area contributed by atoms with Crippen molar-refractivity contribution in [2.75, 3.05) is 0 Å². The fourth-order valence-corrected chi connectivity index (χ4v) is 7.91. The van der Waals surface area contributed by atoms with Crippen LogP contribution in [-0.2, 0) is 31.9 Å². The topological polar surface area (TPSA) is 331 Å². The minimum Gasteiger partial charge on any atom is -0.508 e. The Hall–Kier alpha value is -8.35. The number of phenolic OH excluding ortho intramolecular Hbond substituents is 9. The van der Waals surface area contributed by atoms with Gasteiger partial charge in [0, 0.05) is 65.6 Å². The summed E-state index contributed by atoms with van der Waals surface area (Å²) < 4.78 is 23.9. The molecule has 0 amide bonds. The third kappa shape index (κ3) is 7.10. The molecule has 4 aliphatic rings. The number of rotatable bonds is 6. The van der Waals surface area contributed by atoms with E-state index in [0.717, 1.165) is 60.7 Å². The van der Waals surface area contributed by atoms with Crippen molar-refractivity contribution in [3.8, 4) is 63.2 Å². The number of fused-ring (bicyclic) bond motifs is 3. The molecule has 0 spiro atoms. The molecule has 8 rings (SSSR count). The number of hydrogen-bond acceptors (Lipinski definition) is 19. The van der Waals surface area contributed by atoms with E-state index in [0.29, 0.717) is 0 Å². The SMILES string of the molecule is O=C(O[C@@H]1Cc2c(O)cc(O)cc2O[C@@H]1c1ccc(O)c(O)c1)C1=CC2C(=C(O)C(O)=C1)C(=O)C(O)=CC2[C@H]1Oc2cc(O)cc(O)c2C[C@H]1OC(=O)c1cc(O)c(O)c(O)c1. The minimum atomic E-state index is -1.53. The number of carbonyl (C=O) groups is 3. The fourth-order valence-electron chi connectivity index (χ4n) is 7.91. The third-order valence-corrected chi connectivity index (χ3v) is 10.9. The first-order valence-corrected chi connectivity index (χ1v) is 18.5. The molecule has 4 aromatic rings. The van der Waals surface area contributed by atoms with E-state index in [1.54, 1.807) is 0 Å². The molecule has 62 heavy (non-hydrogen) atoms. The van der Waals surface area contributed by atoms with Gasteiger partial charge in [0.05, 0.1) is 16.7 Å². The Kier molecular flexibility index (Phi) is 9.81. The van der Waals surface area contributed by atoms with Gasteiger partial charge in [-0.05, 0) is 36.4 Å². The zero-order valence-electron chi connectivity index (χ0n) is 31.5. The molecule has 4 aromatic carbocycles. The van der Waals surface area contributed by atoms with E-state index in [4.69, 9.17) is 18.9 Å². The van der Waals surface area contributed by atoms with Crippen LogP contribution in [0.2, 0.25) is 0 Å². The number of aliphatic hydroxyl groups excluding tert-OH is 3. The van der Waals surface area contributed by atoms with Crippen molar-refractivity contribution in [3.63, 3.8) is 0 Å². The highest BCUT2D eigenvalue weighted by molar-refractivity contribution is 6.09. The summed E-state index contributed by atoms with van der Waals surface area (Å²) in [7, 11) is 0. The van der Waals surface area contributed by atoms with E-state index in [2.05, 4.69) is 0 Å². The number of Topliss-reactive ketones (excluding diaryl/α,β-unsaturated/α-hetero) is 1. The van der Waals surface area contributed by atoms with Gasteiger partial charge in [0.1, 0.15) is 52.8 Å². The third-order valence-electron chi connectivity index (χ3n) is 10.9. The number of aliphatic hydroxyl groups is 3. The van der Waals surface area contributed by atoms with Gasteiger partial charge in [0.2, 0.25) is 5.78 Å². The lowest BCUT2D eigenvalue weighted by Crippen LogP contribution is -2.49. The maximum Gasteiger partial charge on any atom is 0.338 e. The molecule has 6 atom stereocenters. The quantitative estimate of drug-likeness (QED) is 0.0949. The predicted octanol–water partition coefficient (Wildman–Crippen LogP) is 4.31. The Morgan fingerprint density at radius 1 is 0.597 bits per heavy atom. The van der Waals surface area contributed by atoms with E-state index in [9.17, 15) is 75.7 Å². The molecule has 0 bridgehead atoms. The highest BCUT2D eigenvalue weighted by atomic mass is 16.6. The molecule has 19 nitrogen and oxygen atoms in total. The van der Waals surface area contributed by atoms with Gasteiger partial charge in [0.25, 0.3) is 0 Å². The second-order valence-corrected chi connectivity index (χ2v) is 14.8. The second kappa shape index (κ2) is 15.0. The standard InChI is InChI=1S/C43H34O19/c44-18-8-25(47)22-13-34(40(59-32(22)10-18)15-1-2-24(46)27(49)4-15)61-42(57)16-3-20-21(12-31(53)39(56)36(20)38(55)30(52)5-16)41-35(14-23-26(48)9-19(45)11-33(23)60-41)62-43(58)17-6-28(50)37(54)29(51)7-17/h1-12,20-21,34-35,40-41,44-55H,13-14H2/t20?,21?,34-,35-,40-,41-/m1/s1. The van der Waals surface area contributed by atoms with E-state index in [-0.39, 0.29) is 46.8 Å². The summed E-state index contributed by atoms with van der Waals surface area (Å²) in [5.74, 6) is -15.2. The molecule has 0 fully saturated rings. The van der Waals surface area contributed by atoms with Crippen molar-refractivity contribution >= 4 is 17.7 Å².